The number of para-hydroxylation sites is 3. The normalized spacial score (nSPS) is 13.6. The van der Waals surface area contributed by atoms with Crippen molar-refractivity contribution < 1.29 is 0 Å². The van der Waals surface area contributed by atoms with Gasteiger partial charge in [-0.3, -0.25) is 0 Å². The zero-order valence-electron chi connectivity index (χ0n) is 37.2. The van der Waals surface area contributed by atoms with Crippen molar-refractivity contribution >= 4 is 43.6 Å². The third-order valence-corrected chi connectivity index (χ3v) is 13.7. The SMILES string of the molecule is C1=CCC(c2ccc(-c3nc(-c4ccc(-c5ccccc5)cc4)cc(-c4ccc(-n5c6ccccc6c6cc(-c7ccc8c9ccccc9n(-c9ccccc9)c8c7)ccc65)cc4)n3)cc2)C=C1. The van der Waals surface area contributed by atoms with Gasteiger partial charge in [-0.05, 0) is 94.9 Å². The number of rotatable bonds is 8. The van der Waals surface area contributed by atoms with Crippen LogP contribution < -0.4 is 0 Å². The van der Waals surface area contributed by atoms with Gasteiger partial charge in [0.1, 0.15) is 0 Å². The third-order valence-electron chi connectivity index (χ3n) is 13.7. The molecule has 0 bridgehead atoms. The summed E-state index contributed by atoms with van der Waals surface area (Å²) < 4.78 is 4.78. The van der Waals surface area contributed by atoms with Gasteiger partial charge < -0.3 is 9.13 Å². The molecule has 0 saturated heterocycles. The van der Waals surface area contributed by atoms with Crippen LogP contribution in [-0.2, 0) is 0 Å². The molecule has 0 spiro atoms. The minimum atomic E-state index is 0.380. The second kappa shape index (κ2) is 16.5. The molecule has 320 valence electrons. The third kappa shape index (κ3) is 6.94. The van der Waals surface area contributed by atoms with E-state index in [4.69, 9.17) is 9.97 Å². The average Bonchev–Trinajstić information content (AvgIpc) is 3.94. The molecular formula is C64H44N4. The maximum Gasteiger partial charge on any atom is 0.160 e. The van der Waals surface area contributed by atoms with E-state index in [1.54, 1.807) is 0 Å². The lowest BCUT2D eigenvalue weighted by Crippen LogP contribution is -1.98. The summed E-state index contributed by atoms with van der Waals surface area (Å²) in [6.07, 6.45) is 9.78. The van der Waals surface area contributed by atoms with E-state index < -0.39 is 0 Å². The number of benzene rings is 9. The number of hydrogen-bond donors (Lipinski definition) is 0. The molecule has 1 atom stereocenters. The first kappa shape index (κ1) is 39.5. The first-order valence-electron chi connectivity index (χ1n) is 23.4. The number of fused-ring (bicyclic) bond motifs is 6. The van der Waals surface area contributed by atoms with Crippen LogP contribution in [0.2, 0.25) is 0 Å². The molecule has 0 saturated carbocycles. The molecule has 0 amide bonds. The molecular weight excluding hydrogens is 825 g/mol. The van der Waals surface area contributed by atoms with Crippen LogP contribution in [0.5, 0.6) is 0 Å². The van der Waals surface area contributed by atoms with Gasteiger partial charge in [0, 0.05) is 55.5 Å². The van der Waals surface area contributed by atoms with Crippen molar-refractivity contribution in [3.63, 3.8) is 0 Å². The molecule has 4 nitrogen and oxygen atoms in total. The van der Waals surface area contributed by atoms with Crippen LogP contribution in [0.3, 0.4) is 0 Å². The molecule has 0 N–H and O–H groups in total. The van der Waals surface area contributed by atoms with Crippen molar-refractivity contribution in [1.29, 1.82) is 0 Å². The summed E-state index contributed by atoms with van der Waals surface area (Å²) in [7, 11) is 0. The summed E-state index contributed by atoms with van der Waals surface area (Å²) in [5.41, 5.74) is 17.9. The molecule has 4 heteroatoms. The molecule has 1 aliphatic carbocycles. The van der Waals surface area contributed by atoms with E-state index in [0.717, 1.165) is 51.4 Å². The van der Waals surface area contributed by atoms with E-state index in [0.29, 0.717) is 11.7 Å². The van der Waals surface area contributed by atoms with Crippen LogP contribution in [0.1, 0.15) is 17.9 Å². The Morgan fingerprint density at radius 1 is 0.338 bits per heavy atom. The smallest absolute Gasteiger partial charge is 0.160 e. The van der Waals surface area contributed by atoms with E-state index in [1.165, 1.54) is 65.9 Å². The van der Waals surface area contributed by atoms with Crippen molar-refractivity contribution in [2.75, 3.05) is 0 Å². The Bertz CT molecular complexity index is 3890. The van der Waals surface area contributed by atoms with E-state index in [1.807, 2.05) is 0 Å². The van der Waals surface area contributed by atoms with Crippen molar-refractivity contribution in [2.45, 2.75) is 12.3 Å². The molecule has 9 aromatic carbocycles. The van der Waals surface area contributed by atoms with Crippen LogP contribution in [0.15, 0.2) is 249 Å². The Hall–Kier alpha value is -8.86. The first-order chi connectivity index (χ1) is 33.7. The summed E-state index contributed by atoms with van der Waals surface area (Å²) in [6.45, 7) is 0. The van der Waals surface area contributed by atoms with Crippen molar-refractivity contribution in [2.24, 2.45) is 0 Å². The van der Waals surface area contributed by atoms with Crippen molar-refractivity contribution in [3.05, 3.63) is 254 Å². The Morgan fingerprint density at radius 2 is 0.838 bits per heavy atom. The van der Waals surface area contributed by atoms with Crippen molar-refractivity contribution in [1.82, 2.24) is 19.1 Å². The predicted molar refractivity (Wildman–Crippen MR) is 284 cm³/mol. The van der Waals surface area contributed by atoms with Crippen LogP contribution in [0.4, 0.5) is 0 Å². The zero-order valence-corrected chi connectivity index (χ0v) is 37.2. The highest BCUT2D eigenvalue weighted by Crippen LogP contribution is 2.39. The summed E-state index contributed by atoms with van der Waals surface area (Å²) in [6, 6.07) is 80.9. The minimum Gasteiger partial charge on any atom is -0.309 e. The second-order valence-electron chi connectivity index (χ2n) is 17.7. The molecule has 13 rings (SSSR count). The maximum absolute atomic E-state index is 5.25. The lowest BCUT2D eigenvalue weighted by molar-refractivity contribution is 0.854. The van der Waals surface area contributed by atoms with E-state index in [2.05, 4.69) is 258 Å². The highest BCUT2D eigenvalue weighted by atomic mass is 15.0. The van der Waals surface area contributed by atoms with Gasteiger partial charge in [-0.2, -0.15) is 0 Å². The summed E-state index contributed by atoms with van der Waals surface area (Å²) >= 11 is 0. The Morgan fingerprint density at radius 3 is 1.53 bits per heavy atom. The van der Waals surface area contributed by atoms with E-state index in [9.17, 15) is 0 Å². The fourth-order valence-electron chi connectivity index (χ4n) is 10.3. The van der Waals surface area contributed by atoms with Gasteiger partial charge in [-0.25, -0.2) is 9.97 Å². The van der Waals surface area contributed by atoms with E-state index >= 15 is 0 Å². The van der Waals surface area contributed by atoms with Gasteiger partial charge >= 0.3 is 0 Å². The maximum atomic E-state index is 5.25. The minimum absolute atomic E-state index is 0.380. The molecule has 3 heterocycles. The standard InChI is InChI=1S/C64H44N4/c1-4-14-43(15-5-1)45-24-28-47(29-25-45)58-42-59(66-64(65-58)49-30-26-46(27-31-49)44-16-6-2-7-17-44)48-32-36-53(37-33-48)67-61-23-13-11-21-55(61)57-40-50(35-39-62(57)67)51-34-38-56-54-20-10-12-22-60(54)68(63(56)41-51)52-18-8-3-9-19-52/h1-16,18-42,44H,17H2. The largest absolute Gasteiger partial charge is 0.309 e. The average molecular weight is 869 g/mol. The molecule has 0 fully saturated rings. The number of nitrogens with zero attached hydrogens (tertiary/aromatic N) is 4. The Labute approximate surface area is 395 Å². The van der Waals surface area contributed by atoms with Gasteiger partial charge in [0.15, 0.2) is 5.82 Å². The first-order valence-corrected chi connectivity index (χ1v) is 23.4. The lowest BCUT2D eigenvalue weighted by atomic mass is 9.92. The topological polar surface area (TPSA) is 35.6 Å². The Kier molecular flexibility index (Phi) is 9.61. The fraction of sp³-hybridized carbons (Fsp3) is 0.0312. The molecule has 68 heavy (non-hydrogen) atoms. The molecule has 0 radical (unpaired) electrons. The van der Waals surface area contributed by atoms with Crippen LogP contribution in [0.25, 0.3) is 111 Å². The highest BCUT2D eigenvalue weighted by Gasteiger charge is 2.18. The monoisotopic (exact) mass is 868 g/mol. The van der Waals surface area contributed by atoms with Gasteiger partial charge in [0.25, 0.3) is 0 Å². The molecule has 0 aliphatic heterocycles. The Balaban J connectivity index is 0.882. The quantitative estimate of drug-likeness (QED) is 0.153. The lowest BCUT2D eigenvalue weighted by Gasteiger charge is -2.14. The second-order valence-corrected chi connectivity index (χ2v) is 17.7. The summed E-state index contributed by atoms with van der Waals surface area (Å²) in [4.78, 5) is 10.4. The van der Waals surface area contributed by atoms with Gasteiger partial charge in [0.05, 0.1) is 33.5 Å². The number of aromatic nitrogens is 4. The van der Waals surface area contributed by atoms with Crippen LogP contribution in [-0.4, -0.2) is 19.1 Å². The zero-order chi connectivity index (χ0) is 45.0. The highest BCUT2D eigenvalue weighted by molar-refractivity contribution is 6.12. The van der Waals surface area contributed by atoms with Crippen LogP contribution in [0, 0.1) is 0 Å². The van der Waals surface area contributed by atoms with Crippen molar-refractivity contribution in [3.8, 4) is 67.5 Å². The summed E-state index contributed by atoms with van der Waals surface area (Å²) in [5, 5.41) is 4.95. The molecule has 1 aliphatic rings. The van der Waals surface area contributed by atoms with Gasteiger partial charge in [-0.1, -0.05) is 188 Å². The predicted octanol–water partition coefficient (Wildman–Crippen LogP) is 16.6. The fourth-order valence-corrected chi connectivity index (χ4v) is 10.3. The van der Waals surface area contributed by atoms with E-state index in [-0.39, 0.29) is 0 Å². The van der Waals surface area contributed by atoms with Crippen LogP contribution >= 0.6 is 0 Å². The number of allylic oxidation sites excluding steroid dienone is 4. The van der Waals surface area contributed by atoms with Gasteiger partial charge in [-0.15, -0.1) is 0 Å². The number of hydrogen-bond acceptors (Lipinski definition) is 2. The molecule has 12 aromatic rings. The molecule has 3 aromatic heterocycles. The molecule has 1 unspecified atom stereocenters. The summed E-state index contributed by atoms with van der Waals surface area (Å²) in [5.74, 6) is 1.09. The van der Waals surface area contributed by atoms with Gasteiger partial charge in [0.2, 0.25) is 0 Å².